The standard InChI is InChI=1S/C17H24ClN3O2S/c1-3-19-16(22)12-20-8-10-21(11-9-20)17(23)13(2)24-15-7-5-4-6-14(15)18/h4-7,13H,3,8-12H2,1-2H3,(H,19,22). The maximum Gasteiger partial charge on any atom is 0.235 e. The SMILES string of the molecule is CCNC(=O)CN1CCN(C(=O)C(C)Sc2ccccc2Cl)CC1. The molecule has 1 aliphatic heterocycles. The lowest BCUT2D eigenvalue weighted by molar-refractivity contribution is -0.132. The molecule has 1 aliphatic rings. The molecule has 0 aliphatic carbocycles. The van der Waals surface area contributed by atoms with E-state index in [9.17, 15) is 9.59 Å². The lowest BCUT2D eigenvalue weighted by Gasteiger charge is -2.35. The van der Waals surface area contributed by atoms with Crippen LogP contribution in [0.3, 0.4) is 0 Å². The van der Waals surface area contributed by atoms with Gasteiger partial charge in [-0.05, 0) is 26.0 Å². The molecule has 1 unspecified atom stereocenters. The average Bonchev–Trinajstić information content (AvgIpc) is 2.57. The summed E-state index contributed by atoms with van der Waals surface area (Å²) >= 11 is 7.65. The molecule has 24 heavy (non-hydrogen) atoms. The summed E-state index contributed by atoms with van der Waals surface area (Å²) in [5.74, 6) is 0.164. The molecule has 1 aromatic rings. The molecule has 1 heterocycles. The molecule has 0 spiro atoms. The Morgan fingerprint density at radius 3 is 2.54 bits per heavy atom. The van der Waals surface area contributed by atoms with E-state index in [1.165, 1.54) is 11.8 Å². The first kappa shape index (κ1) is 19.1. The molecular formula is C17H24ClN3O2S. The molecule has 0 bridgehead atoms. The Hall–Kier alpha value is -1.24. The van der Waals surface area contributed by atoms with Crippen molar-refractivity contribution in [1.29, 1.82) is 0 Å². The Morgan fingerprint density at radius 2 is 1.92 bits per heavy atom. The Labute approximate surface area is 152 Å². The van der Waals surface area contributed by atoms with Crippen LogP contribution in [-0.2, 0) is 9.59 Å². The fraction of sp³-hybridized carbons (Fsp3) is 0.529. The second-order valence-electron chi connectivity index (χ2n) is 5.75. The number of thioether (sulfide) groups is 1. The van der Waals surface area contributed by atoms with Gasteiger partial charge in [0.25, 0.3) is 0 Å². The highest BCUT2D eigenvalue weighted by Crippen LogP contribution is 2.30. The van der Waals surface area contributed by atoms with Gasteiger partial charge in [-0.1, -0.05) is 23.7 Å². The number of benzene rings is 1. The molecular weight excluding hydrogens is 346 g/mol. The number of likely N-dealkylation sites (N-methyl/N-ethyl adjacent to an activating group) is 1. The number of hydrogen-bond donors (Lipinski definition) is 1. The number of nitrogens with zero attached hydrogens (tertiary/aromatic N) is 2. The van der Waals surface area contributed by atoms with Gasteiger partial charge < -0.3 is 10.2 Å². The van der Waals surface area contributed by atoms with Gasteiger partial charge in [0.15, 0.2) is 0 Å². The number of rotatable bonds is 6. The number of nitrogens with one attached hydrogen (secondary N) is 1. The van der Waals surface area contributed by atoms with Crippen LogP contribution in [0.2, 0.25) is 5.02 Å². The molecule has 7 heteroatoms. The Morgan fingerprint density at radius 1 is 1.25 bits per heavy atom. The van der Waals surface area contributed by atoms with Gasteiger partial charge >= 0.3 is 0 Å². The minimum atomic E-state index is -0.181. The van der Waals surface area contributed by atoms with Crippen molar-refractivity contribution in [2.24, 2.45) is 0 Å². The van der Waals surface area contributed by atoms with Gasteiger partial charge in [-0.15, -0.1) is 11.8 Å². The highest BCUT2D eigenvalue weighted by molar-refractivity contribution is 8.00. The van der Waals surface area contributed by atoms with Crippen LogP contribution in [0.25, 0.3) is 0 Å². The number of piperazine rings is 1. The van der Waals surface area contributed by atoms with Gasteiger partial charge in [-0.3, -0.25) is 14.5 Å². The molecule has 2 rings (SSSR count). The number of hydrogen-bond acceptors (Lipinski definition) is 4. The van der Waals surface area contributed by atoms with E-state index in [1.54, 1.807) is 0 Å². The van der Waals surface area contributed by atoms with Gasteiger partial charge in [-0.25, -0.2) is 0 Å². The second kappa shape index (κ2) is 9.30. The average molecular weight is 370 g/mol. The third kappa shape index (κ3) is 5.40. The van der Waals surface area contributed by atoms with Crippen molar-refractivity contribution in [1.82, 2.24) is 15.1 Å². The van der Waals surface area contributed by atoms with E-state index in [1.807, 2.05) is 43.0 Å². The van der Waals surface area contributed by atoms with Crippen molar-refractivity contribution in [2.75, 3.05) is 39.3 Å². The normalized spacial score (nSPS) is 16.7. The van der Waals surface area contributed by atoms with Gasteiger partial charge in [0.1, 0.15) is 0 Å². The van der Waals surface area contributed by atoms with Crippen molar-refractivity contribution in [3.63, 3.8) is 0 Å². The van der Waals surface area contributed by atoms with Gasteiger partial charge in [-0.2, -0.15) is 0 Å². The Balaban J connectivity index is 1.81. The maximum atomic E-state index is 12.6. The molecule has 1 aromatic carbocycles. The van der Waals surface area contributed by atoms with Gasteiger partial charge in [0.2, 0.25) is 11.8 Å². The summed E-state index contributed by atoms with van der Waals surface area (Å²) in [5, 5.41) is 3.29. The summed E-state index contributed by atoms with van der Waals surface area (Å²) in [4.78, 5) is 29.1. The van der Waals surface area contributed by atoms with Crippen LogP contribution in [0.15, 0.2) is 29.2 Å². The fourth-order valence-electron chi connectivity index (χ4n) is 2.62. The molecule has 1 fully saturated rings. The quantitative estimate of drug-likeness (QED) is 0.780. The zero-order chi connectivity index (χ0) is 17.5. The Bertz CT molecular complexity index is 577. The molecule has 1 saturated heterocycles. The van der Waals surface area contributed by atoms with Crippen molar-refractivity contribution in [2.45, 2.75) is 24.0 Å². The molecule has 132 valence electrons. The van der Waals surface area contributed by atoms with Gasteiger partial charge in [0.05, 0.1) is 16.8 Å². The summed E-state index contributed by atoms with van der Waals surface area (Å²) in [5.41, 5.74) is 0. The maximum absolute atomic E-state index is 12.6. The van der Waals surface area contributed by atoms with Crippen LogP contribution in [0, 0.1) is 0 Å². The summed E-state index contributed by atoms with van der Waals surface area (Å²) in [6, 6.07) is 7.57. The van der Waals surface area contributed by atoms with E-state index in [4.69, 9.17) is 11.6 Å². The first-order chi connectivity index (χ1) is 11.5. The van der Waals surface area contributed by atoms with E-state index >= 15 is 0 Å². The number of amides is 2. The molecule has 0 radical (unpaired) electrons. The lowest BCUT2D eigenvalue weighted by Crippen LogP contribution is -2.52. The summed E-state index contributed by atoms with van der Waals surface area (Å²) in [6.45, 7) is 7.65. The van der Waals surface area contributed by atoms with Crippen LogP contribution < -0.4 is 5.32 Å². The third-order valence-corrected chi connectivity index (χ3v) is 5.52. The van der Waals surface area contributed by atoms with E-state index < -0.39 is 0 Å². The number of carbonyl (C=O) groups excluding carboxylic acids is 2. The smallest absolute Gasteiger partial charge is 0.235 e. The molecule has 1 N–H and O–H groups in total. The second-order valence-corrected chi connectivity index (χ2v) is 7.54. The zero-order valence-corrected chi connectivity index (χ0v) is 15.7. The molecule has 5 nitrogen and oxygen atoms in total. The molecule has 1 atom stereocenters. The van der Waals surface area contributed by atoms with E-state index in [-0.39, 0.29) is 17.1 Å². The summed E-state index contributed by atoms with van der Waals surface area (Å²) in [6.07, 6.45) is 0. The van der Waals surface area contributed by atoms with Crippen LogP contribution in [0.5, 0.6) is 0 Å². The molecule has 0 saturated carbocycles. The topological polar surface area (TPSA) is 52.7 Å². The van der Waals surface area contributed by atoms with Crippen LogP contribution in [0.1, 0.15) is 13.8 Å². The first-order valence-electron chi connectivity index (χ1n) is 8.20. The monoisotopic (exact) mass is 369 g/mol. The highest BCUT2D eigenvalue weighted by atomic mass is 35.5. The van der Waals surface area contributed by atoms with Crippen molar-refractivity contribution >= 4 is 35.2 Å². The Kier molecular flexibility index (Phi) is 7.40. The number of carbonyl (C=O) groups is 2. The molecule has 2 amide bonds. The summed E-state index contributed by atoms with van der Waals surface area (Å²) in [7, 11) is 0. The van der Waals surface area contributed by atoms with Crippen LogP contribution in [-0.4, -0.2) is 66.1 Å². The fourth-order valence-corrected chi connectivity index (χ4v) is 3.86. The minimum Gasteiger partial charge on any atom is -0.355 e. The largest absolute Gasteiger partial charge is 0.355 e. The highest BCUT2D eigenvalue weighted by Gasteiger charge is 2.26. The van der Waals surface area contributed by atoms with Gasteiger partial charge in [0, 0.05) is 37.6 Å². The van der Waals surface area contributed by atoms with Crippen LogP contribution >= 0.6 is 23.4 Å². The van der Waals surface area contributed by atoms with E-state index in [2.05, 4.69) is 10.2 Å². The number of halogens is 1. The zero-order valence-electron chi connectivity index (χ0n) is 14.1. The minimum absolute atomic E-state index is 0.0416. The van der Waals surface area contributed by atoms with Crippen molar-refractivity contribution in [3.05, 3.63) is 29.3 Å². The van der Waals surface area contributed by atoms with Crippen molar-refractivity contribution in [3.8, 4) is 0 Å². The summed E-state index contributed by atoms with van der Waals surface area (Å²) < 4.78 is 0. The van der Waals surface area contributed by atoms with Crippen molar-refractivity contribution < 1.29 is 9.59 Å². The molecule has 0 aromatic heterocycles. The third-order valence-electron chi connectivity index (χ3n) is 3.91. The predicted octanol–water partition coefficient (Wildman–Crippen LogP) is 2.10. The lowest BCUT2D eigenvalue weighted by atomic mass is 10.3. The first-order valence-corrected chi connectivity index (χ1v) is 9.46. The van der Waals surface area contributed by atoms with E-state index in [0.717, 1.165) is 18.0 Å². The van der Waals surface area contributed by atoms with Crippen LogP contribution in [0.4, 0.5) is 0 Å². The predicted molar refractivity (Wildman–Crippen MR) is 98.5 cm³/mol. The van der Waals surface area contributed by atoms with E-state index in [0.29, 0.717) is 31.2 Å².